The first-order valence-corrected chi connectivity index (χ1v) is 7.30. The molecule has 1 aromatic heterocycles. The Morgan fingerprint density at radius 3 is 2.12 bits per heavy atom. The standard InChI is InChI=1S/C17H18N2O5/c1-10-15(8-9-23-10)17(22)24-11(2)16(21)19-14-6-4-13(5-7-14)18-12(3)20/h4-9,11H,1-3H3,(H,18,20)(H,19,21). The van der Waals surface area contributed by atoms with Gasteiger partial charge in [0.15, 0.2) is 6.10 Å². The topological polar surface area (TPSA) is 97.6 Å². The van der Waals surface area contributed by atoms with Crippen LogP contribution >= 0.6 is 0 Å². The summed E-state index contributed by atoms with van der Waals surface area (Å²) >= 11 is 0. The van der Waals surface area contributed by atoms with Gasteiger partial charge in [-0.3, -0.25) is 9.59 Å². The summed E-state index contributed by atoms with van der Waals surface area (Å²) in [5.41, 5.74) is 1.43. The molecule has 0 bridgehead atoms. The Morgan fingerprint density at radius 1 is 1.04 bits per heavy atom. The highest BCUT2D eigenvalue weighted by Gasteiger charge is 2.21. The van der Waals surface area contributed by atoms with Crippen molar-refractivity contribution in [2.24, 2.45) is 0 Å². The summed E-state index contributed by atoms with van der Waals surface area (Å²) in [6.45, 7) is 4.53. The summed E-state index contributed by atoms with van der Waals surface area (Å²) in [6.07, 6.45) is 0.412. The molecule has 0 aliphatic heterocycles. The highest BCUT2D eigenvalue weighted by Crippen LogP contribution is 2.15. The van der Waals surface area contributed by atoms with Crippen molar-refractivity contribution in [3.8, 4) is 0 Å². The Balaban J connectivity index is 1.92. The van der Waals surface area contributed by atoms with Crippen molar-refractivity contribution in [2.75, 3.05) is 10.6 Å². The molecule has 2 rings (SSSR count). The number of nitrogens with one attached hydrogen (secondary N) is 2. The van der Waals surface area contributed by atoms with Gasteiger partial charge in [0.1, 0.15) is 11.3 Å². The average Bonchev–Trinajstić information content (AvgIpc) is 2.94. The molecular weight excluding hydrogens is 312 g/mol. The van der Waals surface area contributed by atoms with E-state index in [-0.39, 0.29) is 11.5 Å². The van der Waals surface area contributed by atoms with Crippen LogP contribution in [0.2, 0.25) is 0 Å². The molecule has 126 valence electrons. The number of hydrogen-bond acceptors (Lipinski definition) is 5. The van der Waals surface area contributed by atoms with Crippen LogP contribution in [0, 0.1) is 6.92 Å². The summed E-state index contributed by atoms with van der Waals surface area (Å²) in [5.74, 6) is -0.829. The van der Waals surface area contributed by atoms with Gasteiger partial charge in [0, 0.05) is 18.3 Å². The first kappa shape index (κ1) is 17.3. The molecule has 0 saturated heterocycles. The zero-order chi connectivity index (χ0) is 17.7. The first-order valence-electron chi connectivity index (χ1n) is 7.30. The van der Waals surface area contributed by atoms with Crippen molar-refractivity contribution in [2.45, 2.75) is 26.9 Å². The lowest BCUT2D eigenvalue weighted by molar-refractivity contribution is -0.123. The lowest BCUT2D eigenvalue weighted by Gasteiger charge is -2.13. The number of ether oxygens (including phenoxy) is 1. The fraction of sp³-hybridized carbons (Fsp3) is 0.235. The number of rotatable bonds is 5. The van der Waals surface area contributed by atoms with Crippen LogP contribution in [-0.4, -0.2) is 23.9 Å². The van der Waals surface area contributed by atoms with E-state index in [0.29, 0.717) is 17.1 Å². The van der Waals surface area contributed by atoms with Crippen LogP contribution in [0.15, 0.2) is 41.0 Å². The van der Waals surface area contributed by atoms with Gasteiger partial charge in [-0.15, -0.1) is 0 Å². The molecule has 0 fully saturated rings. The minimum absolute atomic E-state index is 0.179. The summed E-state index contributed by atoms with van der Waals surface area (Å²) < 4.78 is 10.1. The maximum atomic E-state index is 12.1. The van der Waals surface area contributed by atoms with E-state index in [1.54, 1.807) is 31.2 Å². The summed E-state index contributed by atoms with van der Waals surface area (Å²) in [5, 5.41) is 5.26. The molecule has 0 saturated carbocycles. The van der Waals surface area contributed by atoms with Gasteiger partial charge in [0.2, 0.25) is 5.91 Å². The number of furan rings is 1. The van der Waals surface area contributed by atoms with Gasteiger partial charge >= 0.3 is 5.97 Å². The highest BCUT2D eigenvalue weighted by molar-refractivity contribution is 5.98. The fourth-order valence-corrected chi connectivity index (χ4v) is 1.96. The molecule has 2 N–H and O–H groups in total. The number of aryl methyl sites for hydroxylation is 1. The van der Waals surface area contributed by atoms with Crippen LogP contribution in [0.3, 0.4) is 0 Å². The van der Waals surface area contributed by atoms with Gasteiger partial charge in [-0.25, -0.2) is 4.79 Å². The molecule has 1 heterocycles. The van der Waals surface area contributed by atoms with E-state index < -0.39 is 18.0 Å². The Hall–Kier alpha value is -3.09. The van der Waals surface area contributed by atoms with E-state index in [1.807, 2.05) is 0 Å². The number of amides is 2. The van der Waals surface area contributed by atoms with Crippen LogP contribution in [0.25, 0.3) is 0 Å². The lowest BCUT2D eigenvalue weighted by Crippen LogP contribution is -2.30. The zero-order valence-electron chi connectivity index (χ0n) is 13.6. The number of carbonyl (C=O) groups excluding carboxylic acids is 3. The van der Waals surface area contributed by atoms with E-state index in [1.165, 1.54) is 26.2 Å². The minimum atomic E-state index is -0.971. The first-order chi connectivity index (χ1) is 11.4. The van der Waals surface area contributed by atoms with Crippen molar-refractivity contribution in [3.05, 3.63) is 47.9 Å². The second-order valence-electron chi connectivity index (χ2n) is 5.19. The van der Waals surface area contributed by atoms with E-state index in [0.717, 1.165) is 0 Å². The van der Waals surface area contributed by atoms with Crippen LogP contribution in [-0.2, 0) is 14.3 Å². The van der Waals surface area contributed by atoms with Gasteiger partial charge in [-0.05, 0) is 44.2 Å². The number of carbonyl (C=O) groups is 3. The smallest absolute Gasteiger partial charge is 0.342 e. The van der Waals surface area contributed by atoms with Crippen LogP contribution in [0.4, 0.5) is 11.4 Å². The number of hydrogen-bond donors (Lipinski definition) is 2. The molecule has 1 aromatic carbocycles. The molecule has 7 heteroatoms. The predicted molar refractivity (Wildman–Crippen MR) is 87.7 cm³/mol. The molecule has 0 aliphatic rings. The highest BCUT2D eigenvalue weighted by atomic mass is 16.5. The van der Waals surface area contributed by atoms with Gasteiger partial charge < -0.3 is 19.8 Å². The van der Waals surface area contributed by atoms with E-state index in [9.17, 15) is 14.4 Å². The Bertz CT molecular complexity index is 749. The van der Waals surface area contributed by atoms with Gasteiger partial charge in [0.05, 0.1) is 6.26 Å². The second kappa shape index (κ2) is 7.45. The third-order valence-electron chi connectivity index (χ3n) is 3.20. The van der Waals surface area contributed by atoms with Gasteiger partial charge in [-0.2, -0.15) is 0 Å². The number of benzene rings is 1. The maximum Gasteiger partial charge on any atom is 0.342 e. The molecule has 0 aliphatic carbocycles. The number of esters is 1. The predicted octanol–water partition coefficient (Wildman–Crippen LogP) is 2.73. The maximum absolute atomic E-state index is 12.1. The monoisotopic (exact) mass is 330 g/mol. The lowest BCUT2D eigenvalue weighted by atomic mass is 10.2. The Morgan fingerprint density at radius 2 is 1.62 bits per heavy atom. The summed E-state index contributed by atoms with van der Waals surface area (Å²) in [7, 11) is 0. The van der Waals surface area contributed by atoms with Crippen molar-refractivity contribution in [1.82, 2.24) is 0 Å². The molecule has 24 heavy (non-hydrogen) atoms. The van der Waals surface area contributed by atoms with Crippen molar-refractivity contribution in [3.63, 3.8) is 0 Å². The Labute approximate surface area is 139 Å². The molecule has 2 aromatic rings. The summed E-state index contributed by atoms with van der Waals surface area (Å²) in [4.78, 5) is 35.0. The van der Waals surface area contributed by atoms with Crippen molar-refractivity contribution >= 4 is 29.2 Å². The second-order valence-corrected chi connectivity index (χ2v) is 5.19. The molecule has 0 radical (unpaired) electrons. The molecule has 0 spiro atoms. The van der Waals surface area contributed by atoms with Crippen LogP contribution < -0.4 is 10.6 Å². The van der Waals surface area contributed by atoms with E-state index in [4.69, 9.17) is 9.15 Å². The zero-order valence-corrected chi connectivity index (χ0v) is 13.6. The van der Waals surface area contributed by atoms with Crippen LogP contribution in [0.5, 0.6) is 0 Å². The molecule has 2 amide bonds. The van der Waals surface area contributed by atoms with Crippen molar-refractivity contribution in [1.29, 1.82) is 0 Å². The number of anilines is 2. The minimum Gasteiger partial charge on any atom is -0.469 e. The molecular formula is C17H18N2O5. The largest absolute Gasteiger partial charge is 0.469 e. The van der Waals surface area contributed by atoms with Crippen molar-refractivity contribution < 1.29 is 23.5 Å². The van der Waals surface area contributed by atoms with E-state index in [2.05, 4.69) is 10.6 Å². The molecule has 1 atom stereocenters. The molecule has 7 nitrogen and oxygen atoms in total. The van der Waals surface area contributed by atoms with Gasteiger partial charge in [-0.1, -0.05) is 0 Å². The third-order valence-corrected chi connectivity index (χ3v) is 3.20. The molecule has 1 unspecified atom stereocenters. The van der Waals surface area contributed by atoms with Crippen LogP contribution in [0.1, 0.15) is 30.0 Å². The fourth-order valence-electron chi connectivity index (χ4n) is 1.96. The normalized spacial score (nSPS) is 11.5. The SMILES string of the molecule is CC(=O)Nc1ccc(NC(=O)C(C)OC(=O)c2ccoc2C)cc1. The third kappa shape index (κ3) is 4.45. The quantitative estimate of drug-likeness (QED) is 0.822. The summed E-state index contributed by atoms with van der Waals surface area (Å²) in [6, 6.07) is 8.07. The van der Waals surface area contributed by atoms with E-state index >= 15 is 0 Å². The Kier molecular flexibility index (Phi) is 5.36. The average molecular weight is 330 g/mol. The van der Waals surface area contributed by atoms with Gasteiger partial charge in [0.25, 0.3) is 5.91 Å².